The second kappa shape index (κ2) is 13.0. The molecule has 0 saturated heterocycles. The molecule has 10 heteroatoms. The number of sulfonamides is 1. The highest BCUT2D eigenvalue weighted by molar-refractivity contribution is 9.10. The number of nitrogens with zero attached hydrogens (tertiary/aromatic N) is 2. The van der Waals surface area contributed by atoms with Gasteiger partial charge in [0.05, 0.1) is 11.9 Å². The van der Waals surface area contributed by atoms with Gasteiger partial charge < -0.3 is 10.2 Å². The van der Waals surface area contributed by atoms with Gasteiger partial charge in [-0.3, -0.25) is 13.9 Å². The monoisotopic (exact) mass is 633 g/mol. The van der Waals surface area contributed by atoms with E-state index in [1.165, 1.54) is 4.90 Å². The fraction of sp³-hybridized carbons (Fsp3) is 0.310. The third kappa shape index (κ3) is 9.37. The van der Waals surface area contributed by atoms with Crippen LogP contribution in [0, 0.1) is 0 Å². The second-order valence-corrected chi connectivity index (χ2v) is 13.6. The van der Waals surface area contributed by atoms with Crippen LogP contribution in [-0.4, -0.2) is 49.5 Å². The molecule has 0 aliphatic carbocycles. The number of carbonyl (C=O) groups excluding carboxylic acids is 2. The molecule has 3 aromatic carbocycles. The highest BCUT2D eigenvalue weighted by Gasteiger charge is 2.34. The molecule has 3 rings (SSSR count). The van der Waals surface area contributed by atoms with E-state index >= 15 is 0 Å². The summed E-state index contributed by atoms with van der Waals surface area (Å²) >= 11 is 9.58. The van der Waals surface area contributed by atoms with Crippen molar-refractivity contribution in [2.75, 3.05) is 17.1 Å². The van der Waals surface area contributed by atoms with Gasteiger partial charge in [0.1, 0.15) is 12.6 Å². The molecule has 0 radical (unpaired) electrons. The van der Waals surface area contributed by atoms with Crippen LogP contribution in [0.25, 0.3) is 0 Å². The van der Waals surface area contributed by atoms with E-state index in [1.54, 1.807) is 42.5 Å². The summed E-state index contributed by atoms with van der Waals surface area (Å²) in [4.78, 5) is 29.2. The number of halogens is 2. The summed E-state index contributed by atoms with van der Waals surface area (Å²) in [6, 6.07) is 22.2. The molecule has 7 nitrogen and oxygen atoms in total. The molecule has 1 atom stereocenters. The topological polar surface area (TPSA) is 86.8 Å². The SMILES string of the molecule is CC(C)(C)NC(=O)[C@H](Cc1ccccc1)N(Cc1cccc(Cl)c1)C(=O)CN(c1ccc(Br)cc1)S(C)(=O)=O. The maximum atomic E-state index is 14.0. The summed E-state index contributed by atoms with van der Waals surface area (Å²) in [5.41, 5.74) is 1.37. The Balaban J connectivity index is 2.07. The molecular weight excluding hydrogens is 602 g/mol. The number of amides is 2. The summed E-state index contributed by atoms with van der Waals surface area (Å²) in [6.45, 7) is 5.19. The Hall–Kier alpha value is -2.88. The van der Waals surface area contributed by atoms with Gasteiger partial charge in [0, 0.05) is 28.0 Å². The van der Waals surface area contributed by atoms with Crippen molar-refractivity contribution < 1.29 is 18.0 Å². The largest absolute Gasteiger partial charge is 0.350 e. The zero-order chi connectivity index (χ0) is 28.8. The fourth-order valence-electron chi connectivity index (χ4n) is 4.06. The van der Waals surface area contributed by atoms with Crippen molar-refractivity contribution in [3.8, 4) is 0 Å². The quantitative estimate of drug-likeness (QED) is 0.323. The number of carbonyl (C=O) groups is 2. The third-order valence-electron chi connectivity index (χ3n) is 5.81. The molecule has 208 valence electrons. The Labute approximate surface area is 244 Å². The predicted octanol–water partition coefficient (Wildman–Crippen LogP) is 5.42. The van der Waals surface area contributed by atoms with Crippen molar-refractivity contribution in [1.29, 1.82) is 0 Å². The highest BCUT2D eigenvalue weighted by Crippen LogP contribution is 2.23. The van der Waals surface area contributed by atoms with Crippen molar-refractivity contribution in [3.05, 3.63) is 99.5 Å². The summed E-state index contributed by atoms with van der Waals surface area (Å²) in [5.74, 6) is -0.857. The van der Waals surface area contributed by atoms with Crippen LogP contribution in [0.2, 0.25) is 5.02 Å². The van der Waals surface area contributed by atoms with E-state index < -0.39 is 34.1 Å². The maximum absolute atomic E-state index is 14.0. The van der Waals surface area contributed by atoms with Gasteiger partial charge in [-0.05, 0) is 68.3 Å². The zero-order valence-electron chi connectivity index (χ0n) is 22.4. The van der Waals surface area contributed by atoms with Crippen LogP contribution < -0.4 is 9.62 Å². The number of nitrogens with one attached hydrogen (secondary N) is 1. The van der Waals surface area contributed by atoms with Gasteiger partial charge in [0.15, 0.2) is 0 Å². The Bertz CT molecular complexity index is 1390. The van der Waals surface area contributed by atoms with Crippen molar-refractivity contribution in [3.63, 3.8) is 0 Å². The first-order valence-corrected chi connectivity index (χ1v) is 15.4. The van der Waals surface area contributed by atoms with Gasteiger partial charge in [0.2, 0.25) is 21.8 Å². The molecule has 2 amide bonds. The van der Waals surface area contributed by atoms with Gasteiger partial charge in [-0.1, -0.05) is 70.0 Å². The molecule has 0 unspecified atom stereocenters. The molecule has 39 heavy (non-hydrogen) atoms. The average molecular weight is 635 g/mol. The Kier molecular flexibility index (Phi) is 10.2. The Morgan fingerprint density at radius 3 is 2.13 bits per heavy atom. The minimum absolute atomic E-state index is 0.0619. The van der Waals surface area contributed by atoms with Crippen LogP contribution in [-0.2, 0) is 32.6 Å². The Morgan fingerprint density at radius 2 is 1.56 bits per heavy atom. The molecule has 0 aromatic heterocycles. The van der Waals surface area contributed by atoms with Crippen LogP contribution in [0.5, 0.6) is 0 Å². The van der Waals surface area contributed by atoms with Crippen LogP contribution in [0.15, 0.2) is 83.3 Å². The number of benzene rings is 3. The zero-order valence-corrected chi connectivity index (χ0v) is 25.6. The standard InChI is InChI=1S/C29H33BrClN3O4S/c1-29(2,3)32-28(36)26(18-21-9-6-5-7-10-21)33(19-22-11-8-12-24(31)17-22)27(35)20-34(39(4,37)38)25-15-13-23(30)14-16-25/h5-17,26H,18-20H2,1-4H3,(H,32,36)/t26-/m0/s1. The lowest BCUT2D eigenvalue weighted by Crippen LogP contribution is -2.56. The molecule has 0 heterocycles. The summed E-state index contributed by atoms with van der Waals surface area (Å²) < 4.78 is 27.4. The Morgan fingerprint density at radius 1 is 0.949 bits per heavy atom. The van der Waals surface area contributed by atoms with Crippen LogP contribution in [0.1, 0.15) is 31.9 Å². The van der Waals surface area contributed by atoms with Crippen LogP contribution in [0.4, 0.5) is 5.69 Å². The van der Waals surface area contributed by atoms with Crippen molar-refractivity contribution in [1.82, 2.24) is 10.2 Å². The molecule has 1 N–H and O–H groups in total. The van der Waals surface area contributed by atoms with Gasteiger partial charge >= 0.3 is 0 Å². The molecule has 3 aromatic rings. The summed E-state index contributed by atoms with van der Waals surface area (Å²) in [5, 5.41) is 3.49. The van der Waals surface area contributed by atoms with E-state index in [0.717, 1.165) is 20.6 Å². The lowest BCUT2D eigenvalue weighted by atomic mass is 10.0. The van der Waals surface area contributed by atoms with Crippen molar-refractivity contribution in [2.45, 2.75) is 45.3 Å². The minimum Gasteiger partial charge on any atom is -0.350 e. The molecular formula is C29H33BrClN3O4S. The van der Waals surface area contributed by atoms with E-state index in [9.17, 15) is 18.0 Å². The van der Waals surface area contributed by atoms with Gasteiger partial charge in [-0.25, -0.2) is 8.42 Å². The second-order valence-electron chi connectivity index (χ2n) is 10.3. The normalized spacial score (nSPS) is 12.5. The minimum atomic E-state index is -3.82. The van der Waals surface area contributed by atoms with Gasteiger partial charge in [-0.15, -0.1) is 0 Å². The van der Waals surface area contributed by atoms with Crippen LogP contribution >= 0.6 is 27.5 Å². The highest BCUT2D eigenvalue weighted by atomic mass is 79.9. The molecule has 0 saturated carbocycles. The van der Waals surface area contributed by atoms with E-state index in [0.29, 0.717) is 16.3 Å². The lowest BCUT2D eigenvalue weighted by molar-refractivity contribution is -0.140. The summed E-state index contributed by atoms with van der Waals surface area (Å²) in [7, 11) is -3.82. The van der Waals surface area contributed by atoms with E-state index in [4.69, 9.17) is 11.6 Å². The van der Waals surface area contributed by atoms with E-state index in [-0.39, 0.29) is 18.9 Å². The smallest absolute Gasteiger partial charge is 0.244 e. The number of hydrogen-bond acceptors (Lipinski definition) is 4. The molecule has 0 spiro atoms. The molecule has 0 fully saturated rings. The van der Waals surface area contributed by atoms with Crippen molar-refractivity contribution in [2.24, 2.45) is 0 Å². The lowest BCUT2D eigenvalue weighted by Gasteiger charge is -2.35. The summed E-state index contributed by atoms with van der Waals surface area (Å²) in [6.07, 6.45) is 1.30. The first-order valence-electron chi connectivity index (χ1n) is 12.4. The van der Waals surface area contributed by atoms with E-state index in [2.05, 4.69) is 21.2 Å². The van der Waals surface area contributed by atoms with E-state index in [1.807, 2.05) is 57.2 Å². The first-order chi connectivity index (χ1) is 18.2. The molecule has 0 aliphatic heterocycles. The first kappa shape index (κ1) is 30.7. The van der Waals surface area contributed by atoms with Crippen molar-refractivity contribution >= 4 is 55.1 Å². The fourth-order valence-corrected chi connectivity index (χ4v) is 5.39. The number of anilines is 1. The van der Waals surface area contributed by atoms with Gasteiger partial charge in [0.25, 0.3) is 0 Å². The molecule has 0 bridgehead atoms. The average Bonchev–Trinajstić information content (AvgIpc) is 2.84. The predicted molar refractivity (Wildman–Crippen MR) is 160 cm³/mol. The third-order valence-corrected chi connectivity index (χ3v) is 7.71. The van der Waals surface area contributed by atoms with Crippen LogP contribution in [0.3, 0.4) is 0 Å². The van der Waals surface area contributed by atoms with Gasteiger partial charge in [-0.2, -0.15) is 0 Å². The number of hydrogen-bond donors (Lipinski definition) is 1. The maximum Gasteiger partial charge on any atom is 0.244 e. The molecule has 0 aliphatic rings. The number of rotatable bonds is 10.